The lowest BCUT2D eigenvalue weighted by Crippen LogP contribution is -2.10. The van der Waals surface area contributed by atoms with E-state index in [2.05, 4.69) is 0 Å². The largest absolute Gasteiger partial charge is 0.489 e. The molecule has 3 aromatic carbocycles. The first-order valence-corrected chi connectivity index (χ1v) is 8.92. The number of ether oxygens (including phenoxy) is 2. The van der Waals surface area contributed by atoms with Crippen molar-refractivity contribution in [2.45, 2.75) is 13.5 Å². The van der Waals surface area contributed by atoms with Gasteiger partial charge in [0.1, 0.15) is 12.4 Å². The molecule has 144 valence electrons. The molecule has 0 aliphatic rings. The van der Waals surface area contributed by atoms with Crippen LogP contribution in [-0.2, 0) is 11.4 Å². The van der Waals surface area contributed by atoms with E-state index in [1.165, 1.54) is 12.1 Å². The number of benzene rings is 3. The molecule has 0 heterocycles. The first-order valence-electron chi connectivity index (χ1n) is 8.55. The standard InChI is InChI=1S/C22H18ClFO4/c1-14-5-7-18(19(23)9-14)16-4-2-3-15(10-16)12-27-17-6-8-21(20(24)11-17)28-13-22(25)26/h2-11H,12-13H2,1H3,(H,25,26). The highest BCUT2D eigenvalue weighted by Crippen LogP contribution is 2.30. The SMILES string of the molecule is Cc1ccc(-c2cccc(COc3ccc(OCC(=O)O)c(F)c3)c2)c(Cl)c1. The monoisotopic (exact) mass is 400 g/mol. The molecule has 0 spiro atoms. The molecule has 28 heavy (non-hydrogen) atoms. The molecule has 0 saturated heterocycles. The number of carboxylic acids is 1. The lowest BCUT2D eigenvalue weighted by Gasteiger charge is -2.11. The highest BCUT2D eigenvalue weighted by molar-refractivity contribution is 6.33. The molecule has 0 amide bonds. The molecule has 0 saturated carbocycles. The molecule has 0 radical (unpaired) electrons. The van der Waals surface area contributed by atoms with Gasteiger partial charge in [-0.1, -0.05) is 41.9 Å². The zero-order chi connectivity index (χ0) is 20.1. The quantitative estimate of drug-likeness (QED) is 0.569. The minimum atomic E-state index is -1.17. The van der Waals surface area contributed by atoms with Crippen LogP contribution in [0.2, 0.25) is 5.02 Å². The number of aliphatic carboxylic acids is 1. The minimum Gasteiger partial charge on any atom is -0.489 e. The van der Waals surface area contributed by atoms with Crippen molar-refractivity contribution in [3.8, 4) is 22.6 Å². The molecule has 1 N–H and O–H groups in total. The molecule has 0 aliphatic carbocycles. The van der Waals surface area contributed by atoms with Crippen LogP contribution in [0.15, 0.2) is 60.7 Å². The molecule has 3 aromatic rings. The van der Waals surface area contributed by atoms with Gasteiger partial charge in [-0.3, -0.25) is 0 Å². The van der Waals surface area contributed by atoms with Crippen LogP contribution in [0.4, 0.5) is 4.39 Å². The summed E-state index contributed by atoms with van der Waals surface area (Å²) in [7, 11) is 0. The Hall–Kier alpha value is -3.05. The predicted octanol–water partition coefficient (Wildman–Crippen LogP) is 5.50. The molecular weight excluding hydrogens is 383 g/mol. The molecule has 3 rings (SSSR count). The van der Waals surface area contributed by atoms with Gasteiger partial charge in [0, 0.05) is 16.7 Å². The van der Waals surface area contributed by atoms with Crippen LogP contribution in [0.5, 0.6) is 11.5 Å². The number of hydrogen-bond donors (Lipinski definition) is 1. The maximum absolute atomic E-state index is 14.0. The number of halogens is 2. The third-order valence-corrected chi connectivity index (χ3v) is 4.34. The van der Waals surface area contributed by atoms with E-state index < -0.39 is 18.4 Å². The number of rotatable bonds is 7. The summed E-state index contributed by atoms with van der Waals surface area (Å²) in [4.78, 5) is 10.5. The van der Waals surface area contributed by atoms with Gasteiger partial charge in [-0.15, -0.1) is 0 Å². The Kier molecular flexibility index (Phi) is 6.16. The average Bonchev–Trinajstić information content (AvgIpc) is 2.65. The van der Waals surface area contributed by atoms with Crippen LogP contribution >= 0.6 is 11.6 Å². The average molecular weight is 401 g/mol. The van der Waals surface area contributed by atoms with Gasteiger partial charge >= 0.3 is 5.97 Å². The van der Waals surface area contributed by atoms with Crippen LogP contribution in [0.1, 0.15) is 11.1 Å². The van der Waals surface area contributed by atoms with Crippen molar-refractivity contribution in [1.82, 2.24) is 0 Å². The highest BCUT2D eigenvalue weighted by atomic mass is 35.5. The van der Waals surface area contributed by atoms with Crippen LogP contribution in [-0.4, -0.2) is 17.7 Å². The molecule has 6 heteroatoms. The molecule has 0 fully saturated rings. The van der Waals surface area contributed by atoms with Gasteiger partial charge in [-0.25, -0.2) is 9.18 Å². The van der Waals surface area contributed by atoms with Gasteiger partial charge in [-0.2, -0.15) is 0 Å². The normalized spacial score (nSPS) is 10.5. The second kappa shape index (κ2) is 8.76. The minimum absolute atomic E-state index is 0.134. The second-order valence-corrected chi connectivity index (χ2v) is 6.65. The third-order valence-electron chi connectivity index (χ3n) is 4.02. The zero-order valence-corrected chi connectivity index (χ0v) is 15.9. The molecule has 0 aliphatic heterocycles. The van der Waals surface area contributed by atoms with E-state index >= 15 is 0 Å². The predicted molar refractivity (Wildman–Crippen MR) is 105 cm³/mol. The number of carbonyl (C=O) groups is 1. The Labute approximate surface area is 167 Å². The van der Waals surface area contributed by atoms with Crippen molar-refractivity contribution in [3.05, 3.63) is 82.6 Å². The Bertz CT molecular complexity index is 1000. The first-order chi connectivity index (χ1) is 13.4. The van der Waals surface area contributed by atoms with Gasteiger partial charge in [0.25, 0.3) is 0 Å². The van der Waals surface area contributed by atoms with Gasteiger partial charge in [0.2, 0.25) is 0 Å². The van der Waals surface area contributed by atoms with Crippen molar-refractivity contribution in [1.29, 1.82) is 0 Å². The van der Waals surface area contributed by atoms with Gasteiger partial charge in [0.15, 0.2) is 18.2 Å². The van der Waals surface area contributed by atoms with Crippen LogP contribution in [0, 0.1) is 12.7 Å². The Balaban J connectivity index is 1.70. The molecule has 0 bridgehead atoms. The topological polar surface area (TPSA) is 55.8 Å². The fourth-order valence-corrected chi connectivity index (χ4v) is 3.02. The van der Waals surface area contributed by atoms with E-state index in [4.69, 9.17) is 26.2 Å². The molecule has 4 nitrogen and oxygen atoms in total. The van der Waals surface area contributed by atoms with Gasteiger partial charge < -0.3 is 14.6 Å². The summed E-state index contributed by atoms with van der Waals surface area (Å²) < 4.78 is 24.5. The molecule has 0 aromatic heterocycles. The van der Waals surface area contributed by atoms with E-state index in [-0.39, 0.29) is 12.4 Å². The maximum atomic E-state index is 14.0. The smallest absolute Gasteiger partial charge is 0.341 e. The lowest BCUT2D eigenvalue weighted by molar-refractivity contribution is -0.139. The van der Waals surface area contributed by atoms with Crippen LogP contribution in [0.3, 0.4) is 0 Å². The fraction of sp³-hybridized carbons (Fsp3) is 0.136. The first kappa shape index (κ1) is 19.7. The Morgan fingerprint density at radius 1 is 1.07 bits per heavy atom. The number of carboxylic acid groups (broad SMARTS) is 1. The van der Waals surface area contributed by atoms with Crippen molar-refractivity contribution in [3.63, 3.8) is 0 Å². The van der Waals surface area contributed by atoms with E-state index in [0.717, 1.165) is 28.3 Å². The highest BCUT2D eigenvalue weighted by Gasteiger charge is 2.09. The third kappa shape index (κ3) is 5.02. The summed E-state index contributed by atoms with van der Waals surface area (Å²) in [6.45, 7) is 1.62. The zero-order valence-electron chi connectivity index (χ0n) is 15.1. The van der Waals surface area contributed by atoms with Crippen molar-refractivity contribution in [2.24, 2.45) is 0 Å². The van der Waals surface area contributed by atoms with E-state index in [9.17, 15) is 9.18 Å². The Morgan fingerprint density at radius 2 is 1.89 bits per heavy atom. The lowest BCUT2D eigenvalue weighted by atomic mass is 10.0. The Morgan fingerprint density at radius 3 is 2.61 bits per heavy atom. The summed E-state index contributed by atoms with van der Waals surface area (Å²) in [5.74, 6) is -1.67. The summed E-state index contributed by atoms with van der Waals surface area (Å²) >= 11 is 6.35. The molecule has 0 unspecified atom stereocenters. The number of hydrogen-bond acceptors (Lipinski definition) is 3. The van der Waals surface area contributed by atoms with Crippen LogP contribution < -0.4 is 9.47 Å². The fourth-order valence-electron chi connectivity index (χ4n) is 2.68. The van der Waals surface area contributed by atoms with Crippen molar-refractivity contribution < 1.29 is 23.8 Å². The summed E-state index contributed by atoms with van der Waals surface area (Å²) in [5, 5.41) is 9.26. The van der Waals surface area contributed by atoms with Crippen molar-refractivity contribution >= 4 is 17.6 Å². The van der Waals surface area contributed by atoms with E-state index in [1.54, 1.807) is 0 Å². The van der Waals surface area contributed by atoms with Crippen molar-refractivity contribution in [2.75, 3.05) is 6.61 Å². The maximum Gasteiger partial charge on any atom is 0.341 e. The summed E-state index contributed by atoms with van der Waals surface area (Å²) in [6, 6.07) is 17.7. The van der Waals surface area contributed by atoms with Crippen LogP contribution in [0.25, 0.3) is 11.1 Å². The second-order valence-electron chi connectivity index (χ2n) is 6.25. The van der Waals surface area contributed by atoms with E-state index in [0.29, 0.717) is 10.8 Å². The van der Waals surface area contributed by atoms with Gasteiger partial charge in [0.05, 0.1) is 0 Å². The molecule has 0 atom stereocenters. The molecular formula is C22H18ClFO4. The van der Waals surface area contributed by atoms with E-state index in [1.807, 2.05) is 49.4 Å². The van der Waals surface area contributed by atoms with Gasteiger partial charge in [-0.05, 0) is 47.9 Å². The summed E-state index contributed by atoms with van der Waals surface area (Å²) in [6.07, 6.45) is 0. The number of aryl methyl sites for hydroxylation is 1. The summed E-state index contributed by atoms with van der Waals surface area (Å²) in [5.41, 5.74) is 3.89.